The number of hydrogen-bond acceptors (Lipinski definition) is 6. The molecule has 0 aliphatic heterocycles. The molecule has 0 radical (unpaired) electrons. The van der Waals surface area contributed by atoms with Crippen molar-refractivity contribution in [3.63, 3.8) is 0 Å². The van der Waals surface area contributed by atoms with E-state index in [-0.39, 0.29) is 49.6 Å². The van der Waals surface area contributed by atoms with Crippen molar-refractivity contribution in [2.75, 3.05) is 13.1 Å². The zero-order chi connectivity index (χ0) is 30.8. The average molecular weight is 578 g/mol. The predicted molar refractivity (Wildman–Crippen MR) is 150 cm³/mol. The maximum atomic E-state index is 13.8. The van der Waals surface area contributed by atoms with E-state index in [1.54, 1.807) is 32.9 Å². The molecule has 0 aliphatic carbocycles. The van der Waals surface area contributed by atoms with Crippen LogP contribution >= 0.6 is 0 Å². The number of rotatable bonds is 13. The van der Waals surface area contributed by atoms with Gasteiger partial charge in [-0.2, -0.15) is 0 Å². The number of aliphatic hydroxyl groups is 1. The van der Waals surface area contributed by atoms with Crippen LogP contribution in [0.4, 0.5) is 13.6 Å². The summed E-state index contributed by atoms with van der Waals surface area (Å²) >= 11 is 0. The van der Waals surface area contributed by atoms with E-state index >= 15 is 0 Å². The molecule has 226 valence electrons. The zero-order valence-corrected chi connectivity index (χ0v) is 24.2. The molecule has 0 spiro atoms. The van der Waals surface area contributed by atoms with Crippen molar-refractivity contribution in [3.8, 4) is 5.75 Å². The molecule has 0 bridgehead atoms. The zero-order valence-electron chi connectivity index (χ0n) is 24.2. The highest BCUT2D eigenvalue weighted by Crippen LogP contribution is 2.16. The maximum Gasteiger partial charge on any atom is 0.407 e. The summed E-state index contributed by atoms with van der Waals surface area (Å²) in [5.74, 6) is -1.99. The minimum absolute atomic E-state index is 0.0542. The number of aryl methyl sites for hydroxylation is 1. The molecule has 0 saturated carbocycles. The molecule has 2 aromatic rings. The third-order valence-electron chi connectivity index (χ3n) is 6.11. The number of halogens is 2. The molecule has 0 aromatic heterocycles. The van der Waals surface area contributed by atoms with Crippen LogP contribution in [0.15, 0.2) is 42.5 Å². The Kier molecular flexibility index (Phi) is 12.1. The van der Waals surface area contributed by atoms with Crippen LogP contribution in [0.5, 0.6) is 5.75 Å². The van der Waals surface area contributed by atoms with Gasteiger partial charge in [0.05, 0.1) is 6.04 Å². The second kappa shape index (κ2) is 14.8. The van der Waals surface area contributed by atoms with E-state index in [2.05, 4.69) is 16.0 Å². The van der Waals surface area contributed by atoms with Crippen LogP contribution in [-0.2, 0) is 27.2 Å². The fourth-order valence-electron chi connectivity index (χ4n) is 3.86. The monoisotopic (exact) mass is 577 g/mol. The minimum atomic E-state index is -1.62. The number of nitrogens with one attached hydrogen (secondary N) is 3. The Bertz CT molecular complexity index is 1180. The van der Waals surface area contributed by atoms with Crippen molar-refractivity contribution in [2.24, 2.45) is 5.41 Å². The smallest absolute Gasteiger partial charge is 0.407 e. The Balaban J connectivity index is 1.89. The Morgan fingerprint density at radius 2 is 1.59 bits per heavy atom. The number of benzene rings is 2. The molecule has 2 atom stereocenters. The third kappa shape index (κ3) is 12.5. The maximum absolute atomic E-state index is 13.8. The molecule has 3 amide bonds. The Morgan fingerprint density at radius 1 is 0.951 bits per heavy atom. The highest BCUT2D eigenvalue weighted by atomic mass is 19.1. The first-order valence-corrected chi connectivity index (χ1v) is 13.5. The first-order valence-electron chi connectivity index (χ1n) is 13.5. The highest BCUT2D eigenvalue weighted by molar-refractivity contribution is 5.82. The minimum Gasteiger partial charge on any atom is -0.508 e. The predicted octanol–water partition coefficient (Wildman–Crippen LogP) is 3.75. The van der Waals surface area contributed by atoms with E-state index in [1.165, 1.54) is 12.1 Å². The summed E-state index contributed by atoms with van der Waals surface area (Å²) in [4.78, 5) is 37.6. The highest BCUT2D eigenvalue weighted by Gasteiger charge is 2.31. The van der Waals surface area contributed by atoms with E-state index in [4.69, 9.17) is 4.74 Å². The van der Waals surface area contributed by atoms with Crippen molar-refractivity contribution < 1.29 is 38.1 Å². The van der Waals surface area contributed by atoms with Crippen LogP contribution in [0.1, 0.15) is 58.6 Å². The second-order valence-corrected chi connectivity index (χ2v) is 11.8. The van der Waals surface area contributed by atoms with Crippen LogP contribution < -0.4 is 16.0 Å². The number of carbonyl (C=O) groups is 3. The Morgan fingerprint density at radius 3 is 2.22 bits per heavy atom. The molecule has 0 fully saturated rings. The van der Waals surface area contributed by atoms with E-state index in [1.807, 2.05) is 13.8 Å². The summed E-state index contributed by atoms with van der Waals surface area (Å²) in [5.41, 5.74) is -0.502. The summed E-state index contributed by atoms with van der Waals surface area (Å²) in [6, 6.07) is 8.34. The number of aliphatic hydroxyl groups excluding tert-OH is 1. The van der Waals surface area contributed by atoms with Gasteiger partial charge in [-0.3, -0.25) is 9.59 Å². The SMILES string of the molecule is CC(C)(CNC(=O)CCCc1cc(F)ccc1F)CNC(=O)C(O)C(Cc1ccc(O)cc1)NC(=O)OC(C)(C)C. The van der Waals surface area contributed by atoms with Gasteiger partial charge < -0.3 is 30.9 Å². The van der Waals surface area contributed by atoms with Crippen LogP contribution in [0, 0.1) is 17.0 Å². The molecule has 5 N–H and O–H groups in total. The normalized spacial score (nSPS) is 13.2. The van der Waals surface area contributed by atoms with Crippen LogP contribution in [0.25, 0.3) is 0 Å². The van der Waals surface area contributed by atoms with Crippen molar-refractivity contribution >= 4 is 17.9 Å². The van der Waals surface area contributed by atoms with Crippen LogP contribution in [-0.4, -0.2) is 59.0 Å². The van der Waals surface area contributed by atoms with Gasteiger partial charge in [0.1, 0.15) is 23.0 Å². The van der Waals surface area contributed by atoms with Gasteiger partial charge in [-0.25, -0.2) is 13.6 Å². The summed E-state index contributed by atoms with van der Waals surface area (Å²) < 4.78 is 32.3. The lowest BCUT2D eigenvalue weighted by Gasteiger charge is -2.29. The number of hydrogen-bond donors (Lipinski definition) is 5. The average Bonchev–Trinajstić information content (AvgIpc) is 2.87. The van der Waals surface area contributed by atoms with E-state index in [0.29, 0.717) is 12.0 Å². The largest absolute Gasteiger partial charge is 0.508 e. The van der Waals surface area contributed by atoms with E-state index in [0.717, 1.165) is 18.2 Å². The number of phenolic OH excluding ortho intramolecular Hbond substituents is 1. The topological polar surface area (TPSA) is 137 Å². The number of amides is 3. The molecule has 41 heavy (non-hydrogen) atoms. The molecule has 2 rings (SSSR count). The third-order valence-corrected chi connectivity index (χ3v) is 6.11. The van der Waals surface area contributed by atoms with Crippen LogP contribution in [0.3, 0.4) is 0 Å². The number of alkyl carbamates (subject to hydrolysis) is 1. The molecule has 2 unspecified atom stereocenters. The van der Waals surface area contributed by atoms with Gasteiger partial charge >= 0.3 is 6.09 Å². The number of ether oxygens (including phenoxy) is 1. The van der Waals surface area contributed by atoms with Gasteiger partial charge in [-0.15, -0.1) is 0 Å². The molecular formula is C30H41F2N3O6. The number of phenols is 1. The van der Waals surface area contributed by atoms with Crippen LogP contribution in [0.2, 0.25) is 0 Å². The quantitative estimate of drug-likeness (QED) is 0.246. The van der Waals surface area contributed by atoms with Crippen molar-refractivity contribution in [1.82, 2.24) is 16.0 Å². The lowest BCUT2D eigenvalue weighted by molar-refractivity contribution is -0.131. The molecule has 0 heterocycles. The van der Waals surface area contributed by atoms with E-state index in [9.17, 15) is 33.4 Å². The molecule has 11 heteroatoms. The van der Waals surface area contributed by atoms with Gasteiger partial charge in [0.15, 0.2) is 6.10 Å². The summed E-state index contributed by atoms with van der Waals surface area (Å²) in [5, 5.41) is 28.4. The summed E-state index contributed by atoms with van der Waals surface area (Å²) in [6.45, 7) is 9.02. The van der Waals surface area contributed by atoms with Crippen molar-refractivity contribution in [3.05, 3.63) is 65.2 Å². The van der Waals surface area contributed by atoms with Gasteiger partial charge in [0, 0.05) is 19.5 Å². The van der Waals surface area contributed by atoms with Gasteiger partial charge in [0.2, 0.25) is 5.91 Å². The summed E-state index contributed by atoms with van der Waals surface area (Å²) in [7, 11) is 0. The van der Waals surface area contributed by atoms with Crippen molar-refractivity contribution in [1.29, 1.82) is 0 Å². The van der Waals surface area contributed by atoms with E-state index < -0.39 is 46.8 Å². The molecule has 9 nitrogen and oxygen atoms in total. The summed E-state index contributed by atoms with van der Waals surface area (Å²) in [6.07, 6.45) is -1.65. The molecule has 0 aliphatic rings. The Labute approximate surface area is 239 Å². The lowest BCUT2D eigenvalue weighted by Crippen LogP contribution is -2.54. The lowest BCUT2D eigenvalue weighted by atomic mass is 9.92. The first kappa shape index (κ1) is 33.5. The fraction of sp³-hybridized carbons (Fsp3) is 0.500. The van der Waals surface area contributed by atoms with Gasteiger partial charge in [0.25, 0.3) is 5.91 Å². The fourth-order valence-corrected chi connectivity index (χ4v) is 3.86. The second-order valence-electron chi connectivity index (χ2n) is 11.8. The van der Waals surface area contributed by atoms with Gasteiger partial charge in [-0.1, -0.05) is 26.0 Å². The molecule has 0 saturated heterocycles. The number of aromatic hydroxyl groups is 1. The molecular weight excluding hydrogens is 536 g/mol. The number of carbonyl (C=O) groups excluding carboxylic acids is 3. The Hall–Kier alpha value is -3.73. The van der Waals surface area contributed by atoms with Crippen molar-refractivity contribution in [2.45, 2.75) is 78.0 Å². The standard InChI is InChI=1S/C30H41F2N3O6/c1-29(2,3)41-28(40)35-24(15-19-9-12-22(36)13-10-19)26(38)27(39)34-18-30(4,5)17-33-25(37)8-6-7-20-16-21(31)11-14-23(20)32/h9-14,16,24,26,36,38H,6-8,15,17-18H2,1-5H3,(H,33,37)(H,34,39)(H,35,40). The van der Waals surface area contributed by atoms with Gasteiger partial charge in [-0.05, 0) is 86.9 Å². The first-order chi connectivity index (χ1) is 19.0. The molecule has 2 aromatic carbocycles.